The fraction of sp³-hybridized carbons (Fsp3) is 0.100. The molecule has 0 saturated heterocycles. The van der Waals surface area contributed by atoms with Gasteiger partial charge in [0.25, 0.3) is 0 Å². The van der Waals surface area contributed by atoms with Crippen LogP contribution in [0.15, 0.2) is 27.1 Å². The van der Waals surface area contributed by atoms with Gasteiger partial charge in [0, 0.05) is 19.7 Å². The van der Waals surface area contributed by atoms with E-state index in [1.807, 2.05) is 25.1 Å². The SMILES string of the molecule is Cc1nc(Cl)c2cccc(Br)c2c1Br. The summed E-state index contributed by atoms with van der Waals surface area (Å²) >= 11 is 13.1. The number of hydrogen-bond acceptors (Lipinski definition) is 1. The Morgan fingerprint density at radius 1 is 1.29 bits per heavy atom. The van der Waals surface area contributed by atoms with Crippen molar-refractivity contribution in [2.24, 2.45) is 0 Å². The van der Waals surface area contributed by atoms with Crippen molar-refractivity contribution in [3.63, 3.8) is 0 Å². The number of aromatic nitrogens is 1. The lowest BCUT2D eigenvalue weighted by molar-refractivity contribution is 1.20. The smallest absolute Gasteiger partial charge is 0.137 e. The average molecular weight is 335 g/mol. The van der Waals surface area contributed by atoms with E-state index in [9.17, 15) is 0 Å². The van der Waals surface area contributed by atoms with E-state index in [2.05, 4.69) is 36.8 Å². The Bertz CT molecular complexity index is 511. The van der Waals surface area contributed by atoms with E-state index in [0.29, 0.717) is 5.15 Å². The van der Waals surface area contributed by atoms with Crippen LogP contribution in [0.2, 0.25) is 5.15 Å². The van der Waals surface area contributed by atoms with Crippen LogP contribution in [0, 0.1) is 6.92 Å². The van der Waals surface area contributed by atoms with E-state index in [1.165, 1.54) is 0 Å². The Morgan fingerprint density at radius 2 is 2.00 bits per heavy atom. The van der Waals surface area contributed by atoms with Crippen molar-refractivity contribution in [1.82, 2.24) is 4.98 Å². The molecule has 2 aromatic rings. The number of pyridine rings is 1. The lowest BCUT2D eigenvalue weighted by atomic mass is 10.1. The van der Waals surface area contributed by atoms with E-state index < -0.39 is 0 Å². The van der Waals surface area contributed by atoms with Gasteiger partial charge < -0.3 is 0 Å². The third kappa shape index (κ3) is 1.58. The predicted octanol–water partition coefficient (Wildman–Crippen LogP) is 4.72. The average Bonchev–Trinajstić information content (AvgIpc) is 2.14. The molecular formula is C10H6Br2ClN. The summed E-state index contributed by atoms with van der Waals surface area (Å²) in [4.78, 5) is 4.24. The van der Waals surface area contributed by atoms with Crippen molar-refractivity contribution in [2.45, 2.75) is 6.92 Å². The summed E-state index contributed by atoms with van der Waals surface area (Å²) in [5, 5.41) is 2.57. The molecule has 1 nitrogen and oxygen atoms in total. The number of hydrogen-bond donors (Lipinski definition) is 0. The van der Waals surface area contributed by atoms with Gasteiger partial charge in [0.1, 0.15) is 5.15 Å². The second-order valence-corrected chi connectivity index (χ2v) is 4.97. The molecule has 0 aliphatic rings. The molecule has 0 aliphatic carbocycles. The van der Waals surface area contributed by atoms with Gasteiger partial charge >= 0.3 is 0 Å². The molecule has 1 aromatic heterocycles. The van der Waals surface area contributed by atoms with Crippen LogP contribution in [0.5, 0.6) is 0 Å². The van der Waals surface area contributed by atoms with Crippen LogP contribution in [0.1, 0.15) is 5.69 Å². The van der Waals surface area contributed by atoms with Crippen LogP contribution in [0.4, 0.5) is 0 Å². The molecule has 1 heterocycles. The minimum absolute atomic E-state index is 0.544. The quantitative estimate of drug-likeness (QED) is 0.635. The molecule has 0 unspecified atom stereocenters. The van der Waals surface area contributed by atoms with E-state index in [-0.39, 0.29) is 0 Å². The highest BCUT2D eigenvalue weighted by Gasteiger charge is 2.09. The Hall–Kier alpha value is -0.120. The van der Waals surface area contributed by atoms with Crippen LogP contribution >= 0.6 is 43.5 Å². The highest BCUT2D eigenvalue weighted by molar-refractivity contribution is 9.11. The standard InChI is InChI=1S/C10H6Br2ClN/c1-5-9(12)8-6(10(13)14-5)3-2-4-7(8)11/h2-4H,1H3. The predicted molar refractivity (Wildman–Crippen MR) is 66.9 cm³/mol. The summed E-state index contributed by atoms with van der Waals surface area (Å²) in [7, 11) is 0. The Labute approximate surface area is 104 Å². The molecule has 1 aromatic carbocycles. The third-order valence-electron chi connectivity index (χ3n) is 2.04. The first-order valence-corrected chi connectivity index (χ1v) is 5.97. The van der Waals surface area contributed by atoms with Crippen molar-refractivity contribution >= 4 is 54.2 Å². The molecule has 0 amide bonds. The summed E-state index contributed by atoms with van der Waals surface area (Å²) in [6.07, 6.45) is 0. The lowest BCUT2D eigenvalue weighted by Gasteiger charge is -2.07. The second kappa shape index (κ2) is 3.80. The summed E-state index contributed by atoms with van der Waals surface area (Å²) in [6, 6.07) is 5.89. The molecule has 0 saturated carbocycles. The van der Waals surface area contributed by atoms with E-state index in [4.69, 9.17) is 11.6 Å². The van der Waals surface area contributed by atoms with Gasteiger partial charge in [-0.05, 0) is 28.9 Å². The van der Waals surface area contributed by atoms with E-state index in [0.717, 1.165) is 25.4 Å². The van der Waals surface area contributed by atoms with Gasteiger partial charge in [0.05, 0.1) is 5.69 Å². The van der Waals surface area contributed by atoms with Crippen molar-refractivity contribution in [2.75, 3.05) is 0 Å². The molecule has 0 atom stereocenters. The first kappa shape index (κ1) is 10.4. The van der Waals surface area contributed by atoms with Crippen LogP contribution in [-0.2, 0) is 0 Å². The molecule has 0 aliphatic heterocycles. The molecule has 72 valence electrons. The number of fused-ring (bicyclic) bond motifs is 1. The molecule has 4 heteroatoms. The second-order valence-electron chi connectivity index (χ2n) is 2.96. The molecular weight excluding hydrogens is 329 g/mol. The molecule has 14 heavy (non-hydrogen) atoms. The molecule has 2 rings (SSSR count). The van der Waals surface area contributed by atoms with Gasteiger partial charge in [-0.3, -0.25) is 0 Å². The third-order valence-corrected chi connectivity index (χ3v) is 3.96. The van der Waals surface area contributed by atoms with Crippen molar-refractivity contribution in [3.05, 3.63) is 38.0 Å². The van der Waals surface area contributed by atoms with Gasteiger partial charge in [0.15, 0.2) is 0 Å². The number of halogens is 3. The van der Waals surface area contributed by atoms with Gasteiger partial charge in [-0.25, -0.2) is 4.98 Å². The van der Waals surface area contributed by atoms with Gasteiger partial charge in [-0.2, -0.15) is 0 Å². The maximum Gasteiger partial charge on any atom is 0.137 e. The van der Waals surface area contributed by atoms with E-state index in [1.54, 1.807) is 0 Å². The normalized spacial score (nSPS) is 10.9. The number of aryl methyl sites for hydroxylation is 1. The summed E-state index contributed by atoms with van der Waals surface area (Å²) < 4.78 is 2.01. The monoisotopic (exact) mass is 333 g/mol. The molecule has 0 spiro atoms. The minimum atomic E-state index is 0.544. The molecule has 0 N–H and O–H groups in total. The summed E-state index contributed by atoms with van der Waals surface area (Å²) in [5.74, 6) is 0. The van der Waals surface area contributed by atoms with Crippen LogP contribution in [-0.4, -0.2) is 4.98 Å². The van der Waals surface area contributed by atoms with Crippen molar-refractivity contribution in [1.29, 1.82) is 0 Å². The zero-order valence-electron chi connectivity index (χ0n) is 7.31. The van der Waals surface area contributed by atoms with Gasteiger partial charge in [-0.15, -0.1) is 0 Å². The first-order valence-electron chi connectivity index (χ1n) is 4.01. The summed E-state index contributed by atoms with van der Waals surface area (Å²) in [5.41, 5.74) is 0.898. The van der Waals surface area contributed by atoms with Crippen molar-refractivity contribution < 1.29 is 0 Å². The highest BCUT2D eigenvalue weighted by atomic mass is 79.9. The minimum Gasteiger partial charge on any atom is -0.240 e. The van der Waals surface area contributed by atoms with Crippen LogP contribution < -0.4 is 0 Å². The molecule has 0 fully saturated rings. The Morgan fingerprint density at radius 3 is 2.71 bits per heavy atom. The number of benzene rings is 1. The first-order chi connectivity index (χ1) is 6.61. The fourth-order valence-corrected chi connectivity index (χ4v) is 2.99. The topological polar surface area (TPSA) is 12.9 Å². The van der Waals surface area contributed by atoms with Crippen molar-refractivity contribution in [3.8, 4) is 0 Å². The van der Waals surface area contributed by atoms with Gasteiger partial charge in [-0.1, -0.05) is 39.7 Å². The number of nitrogens with zero attached hydrogens (tertiary/aromatic N) is 1. The van der Waals surface area contributed by atoms with Crippen LogP contribution in [0.25, 0.3) is 10.8 Å². The van der Waals surface area contributed by atoms with E-state index >= 15 is 0 Å². The fourth-order valence-electron chi connectivity index (χ4n) is 1.36. The molecule has 0 radical (unpaired) electrons. The maximum absolute atomic E-state index is 6.05. The zero-order chi connectivity index (χ0) is 10.3. The zero-order valence-corrected chi connectivity index (χ0v) is 11.2. The van der Waals surface area contributed by atoms with Crippen LogP contribution in [0.3, 0.4) is 0 Å². The maximum atomic E-state index is 6.05. The summed E-state index contributed by atoms with van der Waals surface area (Å²) in [6.45, 7) is 1.93. The number of rotatable bonds is 0. The lowest BCUT2D eigenvalue weighted by Crippen LogP contribution is -1.88. The largest absolute Gasteiger partial charge is 0.240 e. The molecule has 0 bridgehead atoms. The Kier molecular flexibility index (Phi) is 2.82. The highest BCUT2D eigenvalue weighted by Crippen LogP contribution is 2.35. The van der Waals surface area contributed by atoms with Gasteiger partial charge in [0.2, 0.25) is 0 Å². The Balaban J connectivity index is 3.03.